The van der Waals surface area contributed by atoms with Gasteiger partial charge in [-0.05, 0) is 30.3 Å². The second kappa shape index (κ2) is 6.99. The van der Waals surface area contributed by atoms with Crippen LogP contribution in [0.1, 0.15) is 22.7 Å². The summed E-state index contributed by atoms with van der Waals surface area (Å²) in [5.41, 5.74) is 1.42. The molecule has 9 heteroatoms. The summed E-state index contributed by atoms with van der Waals surface area (Å²) in [6.07, 6.45) is 0. The van der Waals surface area contributed by atoms with Gasteiger partial charge in [0.25, 0.3) is 0 Å². The molecule has 4 rings (SSSR count). The molecule has 1 aliphatic rings. The molecule has 1 N–H and O–H groups in total. The predicted octanol–water partition coefficient (Wildman–Crippen LogP) is 3.83. The van der Waals surface area contributed by atoms with Crippen LogP contribution in [0.25, 0.3) is 11.0 Å². The average molecular weight is 389 g/mol. The lowest BCUT2D eigenvalue weighted by atomic mass is 10.2. The van der Waals surface area contributed by atoms with Crippen LogP contribution in [0.2, 0.25) is 0 Å². The summed E-state index contributed by atoms with van der Waals surface area (Å²) in [5.74, 6) is -0.554. The number of anilines is 1. The zero-order valence-corrected chi connectivity index (χ0v) is 14.6. The number of amides is 1. The Morgan fingerprint density at radius 3 is 2.93 bits per heavy atom. The van der Waals surface area contributed by atoms with Crippen LogP contribution < -0.4 is 5.32 Å². The van der Waals surface area contributed by atoms with Gasteiger partial charge in [-0.15, -0.1) is 11.8 Å². The fourth-order valence-corrected chi connectivity index (χ4v) is 3.63. The molecule has 0 spiro atoms. The number of hydrogen-bond donors (Lipinski definition) is 1. The van der Waals surface area contributed by atoms with E-state index in [0.717, 1.165) is 9.46 Å². The molecule has 0 aliphatic carbocycles. The Kier molecular flexibility index (Phi) is 4.53. The molecule has 0 saturated carbocycles. The predicted molar refractivity (Wildman–Crippen MR) is 95.9 cm³/mol. The van der Waals surface area contributed by atoms with Gasteiger partial charge >= 0.3 is 12.5 Å². The molecule has 0 radical (unpaired) electrons. The fourth-order valence-electron chi connectivity index (χ4n) is 2.84. The number of fused-ring (bicyclic) bond motifs is 2. The van der Waals surface area contributed by atoms with E-state index in [-0.39, 0.29) is 22.8 Å². The van der Waals surface area contributed by atoms with Crippen LogP contribution in [0.15, 0.2) is 47.4 Å². The van der Waals surface area contributed by atoms with Crippen LogP contribution in [-0.4, -0.2) is 27.2 Å². The largest absolute Gasteiger partial charge is 0.454 e. The number of esters is 1. The Balaban J connectivity index is 1.55. The first-order valence-corrected chi connectivity index (χ1v) is 8.99. The van der Waals surface area contributed by atoms with Crippen molar-refractivity contribution in [3.63, 3.8) is 0 Å². The van der Waals surface area contributed by atoms with Gasteiger partial charge in [-0.3, -0.25) is 9.36 Å². The normalized spacial score (nSPS) is 13.5. The zero-order valence-electron chi connectivity index (χ0n) is 13.8. The number of carbonyl (C=O) groups excluding carboxylic acids is 2. The van der Waals surface area contributed by atoms with E-state index >= 15 is 0 Å². The van der Waals surface area contributed by atoms with Crippen LogP contribution >= 0.6 is 11.8 Å². The summed E-state index contributed by atoms with van der Waals surface area (Å²) in [4.78, 5) is 28.8. The quantitative estimate of drug-likeness (QED) is 0.687. The lowest BCUT2D eigenvalue weighted by Crippen LogP contribution is -2.19. The number of aromatic nitrogens is 2. The first-order chi connectivity index (χ1) is 13.0. The van der Waals surface area contributed by atoms with Gasteiger partial charge in [-0.25, -0.2) is 9.78 Å². The van der Waals surface area contributed by atoms with Crippen molar-refractivity contribution in [2.24, 2.45) is 0 Å². The van der Waals surface area contributed by atoms with Crippen molar-refractivity contribution in [1.82, 2.24) is 9.55 Å². The molecular formula is C18H13F2N3O3S. The first-order valence-electron chi connectivity index (χ1n) is 8.01. The number of carbonyl (C=O) groups is 2. The molecule has 0 saturated heterocycles. The SMILES string of the molecule is O=C1CSc2ccc(C(=O)OCc3nc4ccccc4n3C(F)F)cc2N1. The number of rotatable bonds is 4. The molecule has 138 valence electrons. The average Bonchev–Trinajstić information content (AvgIpc) is 3.04. The Morgan fingerprint density at radius 1 is 1.30 bits per heavy atom. The van der Waals surface area contributed by atoms with Gasteiger partial charge in [0.15, 0.2) is 5.82 Å². The van der Waals surface area contributed by atoms with Gasteiger partial charge in [0.05, 0.1) is 28.0 Å². The number of imidazole rings is 1. The summed E-state index contributed by atoms with van der Waals surface area (Å²) in [5, 5.41) is 2.69. The van der Waals surface area contributed by atoms with E-state index in [4.69, 9.17) is 4.74 Å². The number of benzene rings is 2. The van der Waals surface area contributed by atoms with Gasteiger partial charge in [0, 0.05) is 4.90 Å². The van der Waals surface area contributed by atoms with Crippen molar-refractivity contribution in [3.8, 4) is 0 Å². The van der Waals surface area contributed by atoms with Crippen molar-refractivity contribution >= 4 is 40.4 Å². The molecule has 1 aromatic heterocycles. The number of halogens is 2. The summed E-state index contributed by atoms with van der Waals surface area (Å²) in [7, 11) is 0. The molecule has 27 heavy (non-hydrogen) atoms. The molecular weight excluding hydrogens is 376 g/mol. The topological polar surface area (TPSA) is 73.2 Å². The second-order valence-electron chi connectivity index (χ2n) is 5.79. The highest BCUT2D eigenvalue weighted by Crippen LogP contribution is 2.32. The highest BCUT2D eigenvalue weighted by molar-refractivity contribution is 8.00. The summed E-state index contributed by atoms with van der Waals surface area (Å²) >= 11 is 1.37. The second-order valence-corrected chi connectivity index (χ2v) is 6.81. The number of nitrogens with one attached hydrogen (secondary N) is 1. The van der Waals surface area contributed by atoms with Crippen LogP contribution in [0, 0.1) is 0 Å². The number of para-hydroxylation sites is 2. The van der Waals surface area contributed by atoms with Crippen molar-refractivity contribution in [2.75, 3.05) is 11.1 Å². The minimum absolute atomic E-state index is 0.0404. The van der Waals surface area contributed by atoms with Gasteiger partial charge in [-0.1, -0.05) is 12.1 Å². The highest BCUT2D eigenvalue weighted by Gasteiger charge is 2.21. The van der Waals surface area contributed by atoms with Crippen molar-refractivity contribution < 1.29 is 23.1 Å². The molecule has 2 aromatic carbocycles. The number of thioether (sulfide) groups is 1. The Bertz CT molecular complexity index is 1050. The third-order valence-electron chi connectivity index (χ3n) is 4.04. The molecule has 0 fully saturated rings. The number of nitrogens with zero attached hydrogens (tertiary/aromatic N) is 2. The third-order valence-corrected chi connectivity index (χ3v) is 5.12. The van der Waals surface area contributed by atoms with Gasteiger partial charge < -0.3 is 10.1 Å². The van der Waals surface area contributed by atoms with Crippen molar-refractivity contribution in [3.05, 3.63) is 53.9 Å². The highest BCUT2D eigenvalue weighted by atomic mass is 32.2. The Labute approximate surface area is 156 Å². The zero-order chi connectivity index (χ0) is 19.0. The van der Waals surface area contributed by atoms with Crippen LogP contribution in [0.3, 0.4) is 0 Å². The molecule has 3 aromatic rings. The number of alkyl halides is 2. The first kappa shape index (κ1) is 17.5. The van der Waals surface area contributed by atoms with E-state index in [2.05, 4.69) is 10.3 Å². The minimum Gasteiger partial charge on any atom is -0.454 e. The molecule has 0 atom stereocenters. The summed E-state index contributed by atoms with van der Waals surface area (Å²) in [6.45, 7) is -3.20. The van der Waals surface area contributed by atoms with Gasteiger partial charge in [-0.2, -0.15) is 8.78 Å². The van der Waals surface area contributed by atoms with Gasteiger partial charge in [0.2, 0.25) is 5.91 Å². The van der Waals surface area contributed by atoms with Crippen molar-refractivity contribution in [2.45, 2.75) is 18.1 Å². The third kappa shape index (κ3) is 3.37. The van der Waals surface area contributed by atoms with E-state index < -0.39 is 19.1 Å². The smallest absolute Gasteiger partial charge is 0.338 e. The summed E-state index contributed by atoms with van der Waals surface area (Å²) in [6, 6.07) is 11.3. The standard InChI is InChI=1S/C18H13F2N3O3S/c19-18(20)23-13-4-2-1-3-11(13)21-15(23)8-26-17(25)10-5-6-14-12(7-10)22-16(24)9-27-14/h1-7,18H,8-9H2,(H,22,24). The van der Waals surface area contributed by atoms with Crippen molar-refractivity contribution in [1.29, 1.82) is 0 Å². The fraction of sp³-hybridized carbons (Fsp3) is 0.167. The maximum atomic E-state index is 13.4. The Morgan fingerprint density at radius 2 is 2.11 bits per heavy atom. The lowest BCUT2D eigenvalue weighted by molar-refractivity contribution is -0.113. The lowest BCUT2D eigenvalue weighted by Gasteiger charge is -2.16. The maximum Gasteiger partial charge on any atom is 0.338 e. The van der Waals surface area contributed by atoms with E-state index in [1.165, 1.54) is 23.9 Å². The molecule has 1 amide bonds. The molecule has 6 nitrogen and oxygen atoms in total. The summed E-state index contributed by atoms with van der Waals surface area (Å²) < 4.78 is 32.7. The van der Waals surface area contributed by atoms with Crippen LogP contribution in [-0.2, 0) is 16.1 Å². The molecule has 0 bridgehead atoms. The van der Waals surface area contributed by atoms with E-state index in [0.29, 0.717) is 17.0 Å². The Hall–Kier alpha value is -2.94. The van der Waals surface area contributed by atoms with E-state index in [1.807, 2.05) is 0 Å². The minimum atomic E-state index is -2.80. The number of ether oxygens (including phenoxy) is 1. The van der Waals surface area contributed by atoms with Crippen LogP contribution in [0.5, 0.6) is 0 Å². The van der Waals surface area contributed by atoms with E-state index in [9.17, 15) is 18.4 Å². The molecule has 2 heterocycles. The molecule has 1 aliphatic heterocycles. The van der Waals surface area contributed by atoms with Crippen LogP contribution in [0.4, 0.5) is 14.5 Å². The van der Waals surface area contributed by atoms with E-state index in [1.54, 1.807) is 30.3 Å². The number of hydrogen-bond acceptors (Lipinski definition) is 5. The van der Waals surface area contributed by atoms with Gasteiger partial charge in [0.1, 0.15) is 6.61 Å². The maximum absolute atomic E-state index is 13.4. The molecule has 0 unspecified atom stereocenters. The monoisotopic (exact) mass is 389 g/mol.